The van der Waals surface area contributed by atoms with Crippen molar-refractivity contribution in [2.45, 2.75) is 26.2 Å². The number of likely N-dealkylation sites (tertiary alicyclic amines) is 1. The molecule has 1 heterocycles. The van der Waals surface area contributed by atoms with Crippen molar-refractivity contribution in [3.63, 3.8) is 0 Å². The number of hydrogen-bond donors (Lipinski definition) is 3. The molecule has 1 aliphatic heterocycles. The van der Waals surface area contributed by atoms with Gasteiger partial charge in [-0.3, -0.25) is 9.59 Å². The number of urea groups is 1. The summed E-state index contributed by atoms with van der Waals surface area (Å²) in [6.07, 6.45) is 1.52. The van der Waals surface area contributed by atoms with Gasteiger partial charge in [-0.25, -0.2) is 4.79 Å². The smallest absolute Gasteiger partial charge is 0.321 e. The Morgan fingerprint density at radius 1 is 1.28 bits per heavy atom. The van der Waals surface area contributed by atoms with Gasteiger partial charge in [-0.05, 0) is 30.9 Å². The van der Waals surface area contributed by atoms with Crippen LogP contribution < -0.4 is 10.6 Å². The van der Waals surface area contributed by atoms with E-state index in [1.54, 1.807) is 11.8 Å². The van der Waals surface area contributed by atoms with Crippen LogP contribution in [0.2, 0.25) is 0 Å². The van der Waals surface area contributed by atoms with Gasteiger partial charge in [0.15, 0.2) is 0 Å². The minimum Gasteiger partial charge on any atom is -0.481 e. The van der Waals surface area contributed by atoms with Gasteiger partial charge in [-0.15, -0.1) is 0 Å². The van der Waals surface area contributed by atoms with Gasteiger partial charge in [0.1, 0.15) is 0 Å². The molecule has 3 amide bonds. The molecule has 25 heavy (non-hydrogen) atoms. The lowest BCUT2D eigenvalue weighted by molar-refractivity contribution is -0.138. The number of piperidine rings is 1. The van der Waals surface area contributed by atoms with Crippen molar-refractivity contribution in [2.24, 2.45) is 11.8 Å². The number of para-hydroxylation sites is 1. The Hall–Kier alpha value is -2.57. The van der Waals surface area contributed by atoms with Crippen LogP contribution in [-0.2, 0) is 9.59 Å². The van der Waals surface area contributed by atoms with Crippen molar-refractivity contribution >= 4 is 23.6 Å². The average molecular weight is 347 g/mol. The summed E-state index contributed by atoms with van der Waals surface area (Å²) in [4.78, 5) is 37.0. The first kappa shape index (κ1) is 18.8. The van der Waals surface area contributed by atoms with E-state index in [2.05, 4.69) is 10.6 Å². The number of amides is 3. The molecule has 0 aliphatic carbocycles. The lowest BCUT2D eigenvalue weighted by Crippen LogP contribution is -2.47. The van der Waals surface area contributed by atoms with Crippen molar-refractivity contribution in [1.82, 2.24) is 10.2 Å². The Morgan fingerprint density at radius 3 is 2.68 bits per heavy atom. The van der Waals surface area contributed by atoms with Crippen molar-refractivity contribution in [3.8, 4) is 0 Å². The molecule has 1 aliphatic rings. The number of aliphatic carboxylic acids is 1. The highest BCUT2D eigenvalue weighted by molar-refractivity contribution is 5.90. The largest absolute Gasteiger partial charge is 0.481 e. The minimum atomic E-state index is -0.872. The van der Waals surface area contributed by atoms with Crippen LogP contribution in [0.3, 0.4) is 0 Å². The maximum atomic E-state index is 12.3. The number of carbonyl (C=O) groups excluding carboxylic acids is 2. The molecule has 0 bridgehead atoms. The lowest BCUT2D eigenvalue weighted by atomic mass is 9.97. The monoisotopic (exact) mass is 347 g/mol. The van der Waals surface area contributed by atoms with E-state index >= 15 is 0 Å². The van der Waals surface area contributed by atoms with Crippen LogP contribution in [-0.4, -0.2) is 47.5 Å². The summed E-state index contributed by atoms with van der Waals surface area (Å²) in [6.45, 7) is 3.11. The second-order valence-corrected chi connectivity index (χ2v) is 6.53. The summed E-state index contributed by atoms with van der Waals surface area (Å²) >= 11 is 0. The van der Waals surface area contributed by atoms with Crippen molar-refractivity contribution in [3.05, 3.63) is 30.3 Å². The minimum absolute atomic E-state index is 0.0244. The molecule has 7 nitrogen and oxygen atoms in total. The van der Waals surface area contributed by atoms with Gasteiger partial charge >= 0.3 is 12.0 Å². The third-order valence-corrected chi connectivity index (χ3v) is 4.25. The van der Waals surface area contributed by atoms with Crippen LogP contribution in [0.5, 0.6) is 0 Å². The summed E-state index contributed by atoms with van der Waals surface area (Å²) < 4.78 is 0. The van der Waals surface area contributed by atoms with Gasteiger partial charge in [-0.1, -0.05) is 25.1 Å². The molecule has 2 unspecified atom stereocenters. The second kappa shape index (κ2) is 9.05. The molecule has 136 valence electrons. The number of anilines is 1. The molecule has 1 aromatic rings. The van der Waals surface area contributed by atoms with E-state index in [1.165, 1.54) is 0 Å². The quantitative estimate of drug-likeness (QED) is 0.734. The van der Waals surface area contributed by atoms with Crippen LogP contribution in [0, 0.1) is 11.8 Å². The highest BCUT2D eigenvalue weighted by atomic mass is 16.4. The lowest BCUT2D eigenvalue weighted by Gasteiger charge is -2.32. The Labute approximate surface area is 147 Å². The van der Waals surface area contributed by atoms with Gasteiger partial charge < -0.3 is 20.6 Å². The average Bonchev–Trinajstić information content (AvgIpc) is 2.60. The normalized spacial score (nSPS) is 18.3. The number of carboxylic acids is 1. The predicted molar refractivity (Wildman–Crippen MR) is 94.2 cm³/mol. The van der Waals surface area contributed by atoms with Crippen LogP contribution in [0.4, 0.5) is 10.5 Å². The van der Waals surface area contributed by atoms with Gasteiger partial charge in [-0.2, -0.15) is 0 Å². The standard InChI is InChI=1S/C18H25N3O4/c1-13(10-16(22)23)11-19-17(24)14-6-5-9-21(12-14)18(25)20-15-7-3-2-4-8-15/h2-4,7-8,13-14H,5-6,9-12H2,1H3,(H,19,24)(H,20,25)(H,22,23). The molecule has 0 spiro atoms. The highest BCUT2D eigenvalue weighted by Gasteiger charge is 2.28. The summed E-state index contributed by atoms with van der Waals surface area (Å²) in [7, 11) is 0. The molecule has 0 radical (unpaired) electrons. The molecular formula is C18H25N3O4. The van der Waals surface area contributed by atoms with Crippen LogP contribution in [0.1, 0.15) is 26.2 Å². The first-order valence-electron chi connectivity index (χ1n) is 8.56. The van der Waals surface area contributed by atoms with Gasteiger partial charge in [0, 0.05) is 31.7 Å². The van der Waals surface area contributed by atoms with E-state index in [1.807, 2.05) is 30.3 Å². The number of benzene rings is 1. The third kappa shape index (κ3) is 6.10. The Balaban J connectivity index is 1.82. The maximum absolute atomic E-state index is 12.3. The van der Waals surface area contributed by atoms with Crippen LogP contribution >= 0.6 is 0 Å². The number of nitrogens with one attached hydrogen (secondary N) is 2. The van der Waals surface area contributed by atoms with E-state index < -0.39 is 5.97 Å². The molecule has 1 saturated heterocycles. The first-order chi connectivity index (χ1) is 12.0. The van der Waals surface area contributed by atoms with E-state index in [0.29, 0.717) is 19.6 Å². The number of rotatable bonds is 6. The van der Waals surface area contributed by atoms with Crippen molar-refractivity contribution < 1.29 is 19.5 Å². The number of hydrogen-bond acceptors (Lipinski definition) is 3. The van der Waals surface area contributed by atoms with E-state index in [0.717, 1.165) is 18.5 Å². The SMILES string of the molecule is CC(CNC(=O)C1CCCN(C(=O)Nc2ccccc2)C1)CC(=O)O. The molecule has 2 rings (SSSR count). The number of carboxylic acid groups (broad SMARTS) is 1. The van der Waals surface area contributed by atoms with Crippen molar-refractivity contribution in [2.75, 3.05) is 25.0 Å². The molecule has 7 heteroatoms. The van der Waals surface area contributed by atoms with Crippen LogP contribution in [0.15, 0.2) is 30.3 Å². The number of carbonyl (C=O) groups is 3. The fourth-order valence-corrected chi connectivity index (χ4v) is 2.89. The third-order valence-electron chi connectivity index (χ3n) is 4.25. The molecule has 0 aromatic heterocycles. The maximum Gasteiger partial charge on any atom is 0.321 e. The number of nitrogens with zero attached hydrogens (tertiary/aromatic N) is 1. The molecule has 2 atom stereocenters. The Bertz CT molecular complexity index is 606. The van der Waals surface area contributed by atoms with Gasteiger partial charge in [0.05, 0.1) is 5.92 Å². The van der Waals surface area contributed by atoms with Gasteiger partial charge in [0.25, 0.3) is 0 Å². The summed E-state index contributed by atoms with van der Waals surface area (Å²) in [5, 5.41) is 14.4. The summed E-state index contributed by atoms with van der Waals surface area (Å²) in [5.41, 5.74) is 0.724. The molecule has 3 N–H and O–H groups in total. The van der Waals surface area contributed by atoms with Gasteiger partial charge in [0.2, 0.25) is 5.91 Å². The second-order valence-electron chi connectivity index (χ2n) is 6.53. The molecular weight excluding hydrogens is 322 g/mol. The van der Waals surface area contributed by atoms with E-state index in [-0.39, 0.29) is 30.2 Å². The molecule has 0 saturated carbocycles. The topological polar surface area (TPSA) is 98.7 Å². The zero-order valence-corrected chi connectivity index (χ0v) is 14.4. The van der Waals surface area contributed by atoms with E-state index in [9.17, 15) is 14.4 Å². The van der Waals surface area contributed by atoms with Crippen molar-refractivity contribution in [1.29, 1.82) is 0 Å². The Kier molecular flexibility index (Phi) is 6.80. The summed E-state index contributed by atoms with van der Waals surface area (Å²) in [5.74, 6) is -1.37. The fourth-order valence-electron chi connectivity index (χ4n) is 2.89. The molecule has 1 fully saturated rings. The van der Waals surface area contributed by atoms with E-state index in [4.69, 9.17) is 5.11 Å². The zero-order chi connectivity index (χ0) is 18.2. The highest BCUT2D eigenvalue weighted by Crippen LogP contribution is 2.18. The molecule has 1 aromatic carbocycles. The van der Waals surface area contributed by atoms with Crippen LogP contribution in [0.25, 0.3) is 0 Å². The predicted octanol–water partition coefficient (Wildman–Crippen LogP) is 2.16. The Morgan fingerprint density at radius 2 is 2.00 bits per heavy atom. The zero-order valence-electron chi connectivity index (χ0n) is 14.4. The first-order valence-corrected chi connectivity index (χ1v) is 8.56. The fraction of sp³-hybridized carbons (Fsp3) is 0.500. The summed E-state index contributed by atoms with van der Waals surface area (Å²) in [6, 6.07) is 9.00.